The molecule has 5 nitrogen and oxygen atoms in total. The lowest BCUT2D eigenvalue weighted by atomic mass is 10.1. The van der Waals surface area contributed by atoms with Crippen molar-refractivity contribution in [3.63, 3.8) is 0 Å². The quantitative estimate of drug-likeness (QED) is 0.497. The highest BCUT2D eigenvalue weighted by Crippen LogP contribution is 2.34. The summed E-state index contributed by atoms with van der Waals surface area (Å²) in [6.45, 7) is 0. The third kappa shape index (κ3) is 2.12. The van der Waals surface area contributed by atoms with Crippen LogP contribution in [0.15, 0.2) is 6.20 Å². The van der Waals surface area contributed by atoms with Crippen LogP contribution in [0.3, 0.4) is 0 Å². The van der Waals surface area contributed by atoms with Gasteiger partial charge in [0.2, 0.25) is 0 Å². The van der Waals surface area contributed by atoms with E-state index in [4.69, 9.17) is 17.3 Å². The van der Waals surface area contributed by atoms with Crippen LogP contribution >= 0.6 is 11.6 Å². The first-order valence-electron chi connectivity index (χ1n) is 3.74. The zero-order valence-corrected chi connectivity index (χ0v) is 8.04. The van der Waals surface area contributed by atoms with Gasteiger partial charge in [0.15, 0.2) is 0 Å². The Morgan fingerprint density at radius 1 is 1.67 bits per heavy atom. The van der Waals surface area contributed by atoms with Gasteiger partial charge < -0.3 is 5.73 Å². The van der Waals surface area contributed by atoms with Gasteiger partial charge in [-0.15, -0.1) is 11.6 Å². The van der Waals surface area contributed by atoms with Crippen LogP contribution in [0, 0.1) is 10.1 Å². The van der Waals surface area contributed by atoms with E-state index in [0.29, 0.717) is 6.20 Å². The van der Waals surface area contributed by atoms with Gasteiger partial charge in [-0.1, -0.05) is 0 Å². The van der Waals surface area contributed by atoms with Crippen molar-refractivity contribution >= 4 is 23.1 Å². The molecule has 0 spiro atoms. The Labute approximate surface area is 88.0 Å². The molecule has 0 aromatic carbocycles. The minimum absolute atomic E-state index is 0.194. The Kier molecular flexibility index (Phi) is 3.35. The predicted molar refractivity (Wildman–Crippen MR) is 49.8 cm³/mol. The molecule has 0 aliphatic carbocycles. The standard InChI is InChI=1S/C7H6ClF2N3O2/c8-1-3-5(6(9)10)4(13(14)15)2-12-7(3)11/h2,6H,1H2,(H2,11,12). The van der Waals surface area contributed by atoms with Gasteiger partial charge >= 0.3 is 0 Å². The molecule has 1 aromatic rings. The average molecular weight is 238 g/mol. The van der Waals surface area contributed by atoms with Crippen LogP contribution in [0.2, 0.25) is 0 Å². The Bertz CT molecular complexity index is 400. The van der Waals surface area contributed by atoms with Gasteiger partial charge in [0, 0.05) is 5.56 Å². The van der Waals surface area contributed by atoms with Crippen LogP contribution in [-0.2, 0) is 5.88 Å². The molecule has 82 valence electrons. The maximum absolute atomic E-state index is 12.6. The third-order valence-electron chi connectivity index (χ3n) is 1.78. The molecule has 0 atom stereocenters. The van der Waals surface area contributed by atoms with Crippen LogP contribution in [-0.4, -0.2) is 9.91 Å². The Morgan fingerprint density at radius 3 is 2.67 bits per heavy atom. The normalized spacial score (nSPS) is 10.7. The Hall–Kier alpha value is -1.50. The molecule has 0 radical (unpaired) electrons. The second-order valence-electron chi connectivity index (χ2n) is 2.61. The fourth-order valence-corrected chi connectivity index (χ4v) is 1.38. The van der Waals surface area contributed by atoms with Gasteiger partial charge in [-0.2, -0.15) is 0 Å². The van der Waals surface area contributed by atoms with Crippen LogP contribution in [0.25, 0.3) is 0 Å². The summed E-state index contributed by atoms with van der Waals surface area (Å²) in [5, 5.41) is 10.5. The molecule has 0 unspecified atom stereocenters. The second-order valence-corrected chi connectivity index (χ2v) is 2.88. The zero-order valence-electron chi connectivity index (χ0n) is 7.28. The molecule has 1 heterocycles. The molecule has 0 amide bonds. The number of pyridine rings is 1. The van der Waals surface area contributed by atoms with Crippen LogP contribution < -0.4 is 5.73 Å². The molecular weight excluding hydrogens is 232 g/mol. The number of nitrogens with zero attached hydrogens (tertiary/aromatic N) is 2. The predicted octanol–water partition coefficient (Wildman–Crippen LogP) is 2.25. The van der Waals surface area contributed by atoms with Crippen LogP contribution in [0.5, 0.6) is 0 Å². The fraction of sp³-hybridized carbons (Fsp3) is 0.286. The molecule has 0 aliphatic heterocycles. The number of rotatable bonds is 3. The highest BCUT2D eigenvalue weighted by Gasteiger charge is 2.27. The average Bonchev–Trinajstić information content (AvgIpc) is 2.16. The topological polar surface area (TPSA) is 82.0 Å². The summed E-state index contributed by atoms with van der Waals surface area (Å²) >= 11 is 5.38. The summed E-state index contributed by atoms with van der Waals surface area (Å²) in [5.41, 5.74) is 3.56. The van der Waals surface area contributed by atoms with E-state index in [1.54, 1.807) is 0 Å². The van der Waals surface area contributed by atoms with E-state index in [2.05, 4.69) is 4.98 Å². The fourth-order valence-electron chi connectivity index (χ4n) is 1.10. The van der Waals surface area contributed by atoms with E-state index in [1.165, 1.54) is 0 Å². The van der Waals surface area contributed by atoms with E-state index < -0.39 is 22.6 Å². The second kappa shape index (κ2) is 4.35. The van der Waals surface area contributed by atoms with E-state index in [0.717, 1.165) is 0 Å². The van der Waals surface area contributed by atoms with E-state index >= 15 is 0 Å². The maximum Gasteiger partial charge on any atom is 0.296 e. The lowest BCUT2D eigenvalue weighted by Crippen LogP contribution is -2.06. The van der Waals surface area contributed by atoms with Crippen molar-refractivity contribution in [2.24, 2.45) is 0 Å². The van der Waals surface area contributed by atoms with Crippen molar-refractivity contribution in [1.82, 2.24) is 4.98 Å². The van der Waals surface area contributed by atoms with Gasteiger partial charge in [-0.05, 0) is 0 Å². The molecule has 0 aliphatic rings. The monoisotopic (exact) mass is 237 g/mol. The van der Waals surface area contributed by atoms with Crippen molar-refractivity contribution in [2.45, 2.75) is 12.3 Å². The van der Waals surface area contributed by atoms with Gasteiger partial charge in [-0.3, -0.25) is 10.1 Å². The first-order valence-corrected chi connectivity index (χ1v) is 4.28. The number of nitrogens with two attached hydrogens (primary N) is 1. The smallest absolute Gasteiger partial charge is 0.296 e. The molecule has 0 bridgehead atoms. The summed E-state index contributed by atoms with van der Waals surface area (Å²) < 4.78 is 25.1. The van der Waals surface area contributed by atoms with E-state index in [9.17, 15) is 18.9 Å². The molecule has 1 rings (SSSR count). The highest BCUT2D eigenvalue weighted by molar-refractivity contribution is 6.17. The first-order chi connectivity index (χ1) is 6.99. The lowest BCUT2D eigenvalue weighted by Gasteiger charge is -2.08. The SMILES string of the molecule is Nc1ncc([N+](=O)[O-])c(C(F)F)c1CCl. The summed E-state index contributed by atoms with van der Waals surface area (Å²) in [6.07, 6.45) is -2.31. The van der Waals surface area contributed by atoms with Crippen LogP contribution in [0.1, 0.15) is 17.6 Å². The number of halogens is 3. The van der Waals surface area contributed by atoms with Crippen LogP contribution in [0.4, 0.5) is 20.3 Å². The Morgan fingerprint density at radius 2 is 2.27 bits per heavy atom. The third-order valence-corrected chi connectivity index (χ3v) is 2.05. The number of aromatic nitrogens is 1. The van der Waals surface area contributed by atoms with Crippen molar-refractivity contribution < 1.29 is 13.7 Å². The largest absolute Gasteiger partial charge is 0.383 e. The molecule has 15 heavy (non-hydrogen) atoms. The van der Waals surface area contributed by atoms with E-state index in [1.807, 2.05) is 0 Å². The number of nitro groups is 1. The first kappa shape index (κ1) is 11.6. The summed E-state index contributed by atoms with van der Waals surface area (Å²) in [6, 6.07) is 0. The zero-order chi connectivity index (χ0) is 11.6. The minimum Gasteiger partial charge on any atom is -0.383 e. The molecule has 8 heteroatoms. The number of hydrogen-bond donors (Lipinski definition) is 1. The van der Waals surface area contributed by atoms with E-state index in [-0.39, 0.29) is 17.3 Å². The number of nitrogen functional groups attached to an aromatic ring is 1. The van der Waals surface area contributed by atoms with Crippen molar-refractivity contribution in [3.8, 4) is 0 Å². The van der Waals surface area contributed by atoms with Crippen molar-refractivity contribution in [1.29, 1.82) is 0 Å². The molecule has 1 aromatic heterocycles. The van der Waals surface area contributed by atoms with Gasteiger partial charge in [0.1, 0.15) is 17.6 Å². The molecular formula is C7H6ClF2N3O2. The van der Waals surface area contributed by atoms with Gasteiger partial charge in [0.05, 0.1) is 10.8 Å². The summed E-state index contributed by atoms with van der Waals surface area (Å²) in [4.78, 5) is 12.9. The number of alkyl halides is 3. The molecule has 0 saturated heterocycles. The molecule has 0 saturated carbocycles. The number of hydrogen-bond acceptors (Lipinski definition) is 4. The molecule has 2 N–H and O–H groups in total. The Balaban J connectivity index is 3.49. The summed E-state index contributed by atoms with van der Waals surface area (Å²) in [7, 11) is 0. The van der Waals surface area contributed by atoms with Gasteiger partial charge in [-0.25, -0.2) is 13.8 Å². The maximum atomic E-state index is 12.6. The number of anilines is 1. The minimum atomic E-state index is -3.01. The van der Waals surface area contributed by atoms with Gasteiger partial charge in [0.25, 0.3) is 12.1 Å². The highest BCUT2D eigenvalue weighted by atomic mass is 35.5. The summed E-state index contributed by atoms with van der Waals surface area (Å²) in [5.74, 6) is -0.564. The molecule has 0 fully saturated rings. The van der Waals surface area contributed by atoms with Crippen molar-refractivity contribution in [3.05, 3.63) is 27.4 Å². The lowest BCUT2D eigenvalue weighted by molar-refractivity contribution is -0.386. The van der Waals surface area contributed by atoms with Crippen molar-refractivity contribution in [2.75, 3.05) is 5.73 Å².